The number of unbranched alkanes of at least 4 members (excludes halogenated alkanes) is 27. The fourth-order valence-electron chi connectivity index (χ4n) is 7.31. The number of carbonyl (C=O) groups is 1. The van der Waals surface area contributed by atoms with Crippen LogP contribution >= 0.6 is 0 Å². The third kappa shape index (κ3) is 29.2. The van der Waals surface area contributed by atoms with Crippen LogP contribution in [0.5, 0.6) is 0 Å². The summed E-state index contributed by atoms with van der Waals surface area (Å²) in [5.41, 5.74) is 0.681. The first-order valence-corrected chi connectivity index (χ1v) is 21.7. The van der Waals surface area contributed by atoms with E-state index in [4.69, 9.17) is 4.74 Å². The second kappa shape index (κ2) is 37.7. The first-order valence-electron chi connectivity index (χ1n) is 21.7. The predicted octanol–water partition coefficient (Wildman–Crippen LogP) is 11.8. The lowest BCUT2D eigenvalue weighted by Crippen LogP contribution is -3.00. The topological polar surface area (TPSA) is 26.3 Å². The van der Waals surface area contributed by atoms with Crippen molar-refractivity contribution >= 4 is 5.97 Å². The van der Waals surface area contributed by atoms with Crippen LogP contribution in [0.15, 0.2) is 12.2 Å². The number of ether oxygens (including phenoxy) is 1. The maximum atomic E-state index is 13.3. The number of hydrogen-bond acceptors (Lipinski definition) is 2. The van der Waals surface area contributed by atoms with E-state index in [1.165, 1.54) is 193 Å². The summed E-state index contributed by atoms with van der Waals surface area (Å²) in [7, 11) is 0. The Morgan fingerprint density at radius 2 is 0.708 bits per heavy atom. The molecular formula is C44H88ClNO2. The highest BCUT2D eigenvalue weighted by atomic mass is 35.5. The van der Waals surface area contributed by atoms with Crippen molar-refractivity contribution in [3.05, 3.63) is 12.2 Å². The van der Waals surface area contributed by atoms with E-state index in [0.717, 1.165) is 37.0 Å². The lowest BCUT2D eigenvalue weighted by atomic mass is 10.0. The van der Waals surface area contributed by atoms with Crippen molar-refractivity contribution in [3.63, 3.8) is 0 Å². The summed E-state index contributed by atoms with van der Waals surface area (Å²) in [5, 5.41) is 0. The van der Waals surface area contributed by atoms with Crippen LogP contribution in [0.25, 0.3) is 0 Å². The van der Waals surface area contributed by atoms with Crippen molar-refractivity contribution in [3.8, 4) is 0 Å². The zero-order valence-corrected chi connectivity index (χ0v) is 34.4. The van der Waals surface area contributed by atoms with E-state index in [2.05, 4.69) is 41.2 Å². The number of halogens is 1. The maximum absolute atomic E-state index is 13.3. The summed E-state index contributed by atoms with van der Waals surface area (Å²) in [5.74, 6) is -0.136. The highest BCUT2D eigenvalue weighted by molar-refractivity contribution is 5.87. The molecule has 0 aliphatic carbocycles. The highest BCUT2D eigenvalue weighted by Crippen LogP contribution is 2.25. The van der Waals surface area contributed by atoms with Gasteiger partial charge in [0.05, 0.1) is 19.6 Å². The molecule has 0 N–H and O–H groups in total. The molecule has 0 spiro atoms. The van der Waals surface area contributed by atoms with E-state index in [9.17, 15) is 4.79 Å². The molecule has 0 aromatic heterocycles. The lowest BCUT2D eigenvalue weighted by Gasteiger charge is -2.43. The Morgan fingerprint density at radius 3 is 1.00 bits per heavy atom. The normalized spacial score (nSPS) is 12.2. The number of rotatable bonds is 38. The minimum Gasteiger partial charge on any atom is -1.00 e. The van der Waals surface area contributed by atoms with Crippen molar-refractivity contribution in [2.24, 2.45) is 0 Å². The molecule has 0 heterocycles. The Balaban J connectivity index is 0. The zero-order valence-electron chi connectivity index (χ0n) is 33.7. The highest BCUT2D eigenvalue weighted by Gasteiger charge is 2.35. The van der Waals surface area contributed by atoms with Crippen LogP contribution in [-0.4, -0.2) is 36.3 Å². The fourth-order valence-corrected chi connectivity index (χ4v) is 7.31. The van der Waals surface area contributed by atoms with E-state index in [1.54, 1.807) is 0 Å². The average molecular weight is 699 g/mol. The monoisotopic (exact) mass is 698 g/mol. The molecule has 0 aliphatic heterocycles. The molecule has 1 unspecified atom stereocenters. The van der Waals surface area contributed by atoms with Gasteiger partial charge in [0.2, 0.25) is 6.23 Å². The summed E-state index contributed by atoms with van der Waals surface area (Å²) in [6.45, 7) is 19.0. The zero-order chi connectivity index (χ0) is 34.7. The third-order valence-electron chi connectivity index (χ3n) is 10.8. The SMILES string of the molecule is C=C(CCCCCC)C(=O)OC(C)[N+](CCCCCCCCCCC)(CCCCCCCCCCC)CCCCCCCCCCC.[Cl-]. The average Bonchev–Trinajstić information content (AvgIpc) is 3.07. The van der Waals surface area contributed by atoms with Crippen molar-refractivity contribution in [1.82, 2.24) is 0 Å². The predicted molar refractivity (Wildman–Crippen MR) is 210 cm³/mol. The molecule has 3 nitrogen and oxygen atoms in total. The van der Waals surface area contributed by atoms with Crippen molar-refractivity contribution < 1.29 is 26.4 Å². The molecule has 288 valence electrons. The van der Waals surface area contributed by atoms with Crippen LogP contribution in [0.4, 0.5) is 0 Å². The van der Waals surface area contributed by atoms with Gasteiger partial charge in [0, 0.05) is 12.5 Å². The van der Waals surface area contributed by atoms with E-state index >= 15 is 0 Å². The van der Waals surface area contributed by atoms with E-state index in [1.807, 2.05) is 0 Å². The molecular weight excluding hydrogens is 610 g/mol. The third-order valence-corrected chi connectivity index (χ3v) is 10.8. The molecule has 48 heavy (non-hydrogen) atoms. The molecule has 0 aromatic rings. The van der Waals surface area contributed by atoms with Gasteiger partial charge in [0.15, 0.2) is 0 Å². The molecule has 1 atom stereocenters. The van der Waals surface area contributed by atoms with Gasteiger partial charge in [-0.3, -0.25) is 4.48 Å². The second-order valence-corrected chi connectivity index (χ2v) is 15.3. The number of esters is 1. The minimum atomic E-state index is -0.136. The molecule has 0 fully saturated rings. The minimum absolute atomic E-state index is 0. The molecule has 0 bridgehead atoms. The number of quaternary nitrogens is 1. The van der Waals surface area contributed by atoms with Gasteiger partial charge < -0.3 is 17.1 Å². The van der Waals surface area contributed by atoms with Crippen LogP contribution in [0.2, 0.25) is 0 Å². The van der Waals surface area contributed by atoms with Crippen LogP contribution in [0.1, 0.15) is 240 Å². The van der Waals surface area contributed by atoms with Gasteiger partial charge in [0.1, 0.15) is 0 Å². The molecule has 0 amide bonds. The Bertz CT molecular complexity index is 626. The molecule has 0 aromatic carbocycles. The molecule has 4 heteroatoms. The van der Waals surface area contributed by atoms with Crippen LogP contribution in [0.3, 0.4) is 0 Å². The Kier molecular flexibility index (Phi) is 38.9. The summed E-state index contributed by atoms with van der Waals surface area (Å²) in [6, 6.07) is 0. The summed E-state index contributed by atoms with van der Waals surface area (Å²) >= 11 is 0. The van der Waals surface area contributed by atoms with Crippen LogP contribution in [-0.2, 0) is 9.53 Å². The Labute approximate surface area is 309 Å². The van der Waals surface area contributed by atoms with Crippen LogP contribution in [0, 0.1) is 0 Å². The van der Waals surface area contributed by atoms with Crippen molar-refractivity contribution in [2.75, 3.05) is 19.6 Å². The van der Waals surface area contributed by atoms with Gasteiger partial charge in [-0.2, -0.15) is 0 Å². The smallest absolute Gasteiger partial charge is 0.337 e. The van der Waals surface area contributed by atoms with Gasteiger partial charge in [-0.05, 0) is 51.4 Å². The van der Waals surface area contributed by atoms with Crippen molar-refractivity contribution in [1.29, 1.82) is 0 Å². The molecule has 0 radical (unpaired) electrons. The first kappa shape index (κ1) is 49.6. The van der Waals surface area contributed by atoms with Crippen molar-refractivity contribution in [2.45, 2.75) is 246 Å². The van der Waals surface area contributed by atoms with Gasteiger partial charge >= 0.3 is 5.97 Å². The molecule has 0 aliphatic rings. The molecule has 0 saturated carbocycles. The summed E-state index contributed by atoms with van der Waals surface area (Å²) < 4.78 is 7.34. The van der Waals surface area contributed by atoms with E-state index < -0.39 is 0 Å². The van der Waals surface area contributed by atoms with Crippen LogP contribution < -0.4 is 12.4 Å². The largest absolute Gasteiger partial charge is 1.00 e. The summed E-state index contributed by atoms with van der Waals surface area (Å²) in [6.07, 6.45) is 42.0. The Hall–Kier alpha value is -0.540. The quantitative estimate of drug-likeness (QED) is 0.0211. The van der Waals surface area contributed by atoms with Gasteiger partial charge in [0.25, 0.3) is 0 Å². The fraction of sp³-hybridized carbons (Fsp3) is 0.932. The van der Waals surface area contributed by atoms with E-state index in [0.29, 0.717) is 5.57 Å². The second-order valence-electron chi connectivity index (χ2n) is 15.3. The van der Waals surface area contributed by atoms with Gasteiger partial charge in [-0.25, -0.2) is 4.79 Å². The number of carbonyl (C=O) groups excluding carboxylic acids is 1. The van der Waals surface area contributed by atoms with Gasteiger partial charge in [-0.15, -0.1) is 0 Å². The standard InChI is InChI=1S/C44H88NO2.ClH/c1-7-11-15-19-22-25-28-31-35-39-45(40-36-32-29-26-23-20-16-12-8-2,41-37-33-30-27-24-21-17-13-9-3)43(6)47-44(46)42(5)38-34-18-14-10-4;/h43H,5,7-41H2,1-4,6H3;1H/q+1;/p-1. The number of nitrogens with zero attached hydrogens (tertiary/aromatic N) is 1. The lowest BCUT2D eigenvalue weighted by molar-refractivity contribution is -0.968. The first-order chi connectivity index (χ1) is 23.0. The summed E-state index contributed by atoms with van der Waals surface area (Å²) in [4.78, 5) is 13.3. The molecule has 0 saturated heterocycles. The number of hydrogen-bond donors (Lipinski definition) is 0. The van der Waals surface area contributed by atoms with Gasteiger partial charge in [-0.1, -0.05) is 188 Å². The maximum Gasteiger partial charge on any atom is 0.337 e. The van der Waals surface area contributed by atoms with E-state index in [-0.39, 0.29) is 24.6 Å². The Morgan fingerprint density at radius 1 is 0.458 bits per heavy atom. The molecule has 0 rings (SSSR count).